The van der Waals surface area contributed by atoms with Gasteiger partial charge in [-0.1, -0.05) is 11.6 Å². The van der Waals surface area contributed by atoms with Gasteiger partial charge in [-0.15, -0.1) is 0 Å². The standard InChI is InChI=1S/C9H8ClNO3/c1-14-9(13)7(5-12)6-2-3-8(10)11-4-6/h2-5,12H,1H3/b7-5+. The van der Waals surface area contributed by atoms with Gasteiger partial charge in [0.15, 0.2) is 0 Å². The molecule has 74 valence electrons. The Kier molecular flexibility index (Phi) is 3.48. The molecule has 1 aromatic rings. The average Bonchev–Trinajstić information content (AvgIpc) is 2.21. The van der Waals surface area contributed by atoms with Gasteiger partial charge in [0.05, 0.1) is 13.4 Å². The molecule has 0 unspecified atom stereocenters. The van der Waals surface area contributed by atoms with Crippen molar-refractivity contribution in [2.75, 3.05) is 7.11 Å². The smallest absolute Gasteiger partial charge is 0.341 e. The summed E-state index contributed by atoms with van der Waals surface area (Å²) in [5.74, 6) is -0.628. The van der Waals surface area contributed by atoms with E-state index in [4.69, 9.17) is 16.7 Å². The molecular weight excluding hydrogens is 206 g/mol. The zero-order valence-corrected chi connectivity index (χ0v) is 8.15. The number of nitrogens with zero attached hydrogens (tertiary/aromatic N) is 1. The molecule has 0 spiro atoms. The van der Waals surface area contributed by atoms with E-state index in [2.05, 4.69) is 9.72 Å². The average molecular weight is 214 g/mol. The molecule has 0 saturated heterocycles. The van der Waals surface area contributed by atoms with Crippen LogP contribution in [-0.4, -0.2) is 23.2 Å². The van der Waals surface area contributed by atoms with Crippen molar-refractivity contribution in [3.05, 3.63) is 35.3 Å². The second kappa shape index (κ2) is 4.62. The van der Waals surface area contributed by atoms with Crippen LogP contribution in [0.4, 0.5) is 0 Å². The fourth-order valence-electron chi connectivity index (χ4n) is 0.890. The highest BCUT2D eigenvalue weighted by molar-refractivity contribution is 6.29. The van der Waals surface area contributed by atoms with Crippen molar-refractivity contribution in [1.82, 2.24) is 4.98 Å². The lowest BCUT2D eigenvalue weighted by atomic mass is 10.1. The lowest BCUT2D eigenvalue weighted by Gasteiger charge is -2.02. The van der Waals surface area contributed by atoms with Crippen LogP contribution in [0.2, 0.25) is 5.15 Å². The number of aliphatic hydroxyl groups excluding tert-OH is 1. The number of pyridine rings is 1. The van der Waals surface area contributed by atoms with Crippen LogP contribution >= 0.6 is 11.6 Å². The molecule has 0 aliphatic rings. The van der Waals surface area contributed by atoms with Crippen molar-refractivity contribution in [3.63, 3.8) is 0 Å². The monoisotopic (exact) mass is 213 g/mol. The largest absolute Gasteiger partial charge is 0.515 e. The Morgan fingerprint density at radius 2 is 2.36 bits per heavy atom. The molecule has 0 aromatic carbocycles. The zero-order valence-electron chi connectivity index (χ0n) is 7.40. The van der Waals surface area contributed by atoms with Gasteiger partial charge in [-0.05, 0) is 12.1 Å². The van der Waals surface area contributed by atoms with Crippen molar-refractivity contribution < 1.29 is 14.6 Å². The van der Waals surface area contributed by atoms with Crippen molar-refractivity contribution in [1.29, 1.82) is 0 Å². The first-order chi connectivity index (χ1) is 6.69. The van der Waals surface area contributed by atoms with Crippen LogP contribution in [0.5, 0.6) is 0 Å². The van der Waals surface area contributed by atoms with E-state index in [1.54, 1.807) is 6.07 Å². The van der Waals surface area contributed by atoms with Crippen LogP contribution in [0.3, 0.4) is 0 Å². The summed E-state index contributed by atoms with van der Waals surface area (Å²) in [6.07, 6.45) is 2.05. The van der Waals surface area contributed by atoms with Gasteiger partial charge in [0.2, 0.25) is 0 Å². The van der Waals surface area contributed by atoms with E-state index in [9.17, 15) is 4.79 Å². The van der Waals surface area contributed by atoms with E-state index >= 15 is 0 Å². The molecule has 1 N–H and O–H groups in total. The normalized spacial score (nSPS) is 11.1. The Morgan fingerprint density at radius 1 is 1.64 bits per heavy atom. The fourth-order valence-corrected chi connectivity index (χ4v) is 1.00. The Balaban J connectivity index is 3.03. The van der Waals surface area contributed by atoms with Crippen LogP contribution in [0.15, 0.2) is 24.6 Å². The van der Waals surface area contributed by atoms with Crippen LogP contribution in [0, 0.1) is 0 Å². The minimum atomic E-state index is -0.628. The van der Waals surface area contributed by atoms with Crippen LogP contribution < -0.4 is 0 Å². The minimum Gasteiger partial charge on any atom is -0.515 e. The number of carbonyl (C=O) groups excluding carboxylic acids is 1. The second-order valence-corrected chi connectivity index (χ2v) is 2.79. The number of aromatic nitrogens is 1. The highest BCUT2D eigenvalue weighted by Gasteiger charge is 2.12. The summed E-state index contributed by atoms with van der Waals surface area (Å²) in [7, 11) is 1.23. The van der Waals surface area contributed by atoms with Gasteiger partial charge < -0.3 is 9.84 Å². The molecule has 0 amide bonds. The van der Waals surface area contributed by atoms with E-state index in [0.29, 0.717) is 17.0 Å². The Hall–Kier alpha value is -1.55. The third kappa shape index (κ3) is 2.23. The molecule has 0 aliphatic carbocycles. The first kappa shape index (κ1) is 10.5. The minimum absolute atomic E-state index is 0.0386. The molecule has 0 saturated carbocycles. The molecule has 4 nitrogen and oxygen atoms in total. The number of carbonyl (C=O) groups is 1. The van der Waals surface area contributed by atoms with Gasteiger partial charge in [0.1, 0.15) is 10.7 Å². The van der Waals surface area contributed by atoms with Gasteiger partial charge in [0.25, 0.3) is 0 Å². The summed E-state index contributed by atoms with van der Waals surface area (Å²) in [4.78, 5) is 14.9. The van der Waals surface area contributed by atoms with E-state index in [0.717, 1.165) is 0 Å². The fraction of sp³-hybridized carbons (Fsp3) is 0.111. The number of esters is 1. The molecule has 0 radical (unpaired) electrons. The lowest BCUT2D eigenvalue weighted by Crippen LogP contribution is -2.04. The first-order valence-electron chi connectivity index (χ1n) is 3.73. The maximum atomic E-state index is 11.1. The van der Waals surface area contributed by atoms with Gasteiger partial charge in [-0.3, -0.25) is 0 Å². The summed E-state index contributed by atoms with van der Waals surface area (Å²) >= 11 is 5.56. The SMILES string of the molecule is COC(=O)/C(=C/O)c1ccc(Cl)nc1. The summed E-state index contributed by atoms with van der Waals surface area (Å²) in [6.45, 7) is 0. The summed E-state index contributed by atoms with van der Waals surface area (Å²) in [5.41, 5.74) is 0.486. The Bertz CT molecular complexity index is 359. The van der Waals surface area contributed by atoms with Crippen molar-refractivity contribution in [3.8, 4) is 0 Å². The maximum absolute atomic E-state index is 11.1. The molecule has 0 bridgehead atoms. The molecule has 1 rings (SSSR count). The molecule has 1 aromatic heterocycles. The summed E-state index contributed by atoms with van der Waals surface area (Å²) in [5, 5.41) is 9.14. The quantitative estimate of drug-likeness (QED) is 0.352. The summed E-state index contributed by atoms with van der Waals surface area (Å²) < 4.78 is 4.46. The van der Waals surface area contributed by atoms with Crippen molar-refractivity contribution in [2.24, 2.45) is 0 Å². The van der Waals surface area contributed by atoms with Gasteiger partial charge >= 0.3 is 5.97 Å². The number of methoxy groups -OCH3 is 1. The lowest BCUT2D eigenvalue weighted by molar-refractivity contribution is -0.133. The predicted octanol–water partition coefficient (Wildman–Crippen LogP) is 1.81. The molecule has 14 heavy (non-hydrogen) atoms. The van der Waals surface area contributed by atoms with E-state index < -0.39 is 5.97 Å². The summed E-state index contributed by atoms with van der Waals surface area (Å²) in [6, 6.07) is 3.08. The van der Waals surface area contributed by atoms with Gasteiger partial charge in [-0.25, -0.2) is 9.78 Å². The molecule has 1 heterocycles. The van der Waals surface area contributed by atoms with E-state index in [1.165, 1.54) is 19.4 Å². The molecule has 0 fully saturated rings. The number of halogens is 1. The molecule has 0 atom stereocenters. The Labute approximate surface area is 85.8 Å². The molecule has 0 aliphatic heterocycles. The first-order valence-corrected chi connectivity index (χ1v) is 4.11. The highest BCUT2D eigenvalue weighted by atomic mass is 35.5. The third-order valence-corrected chi connectivity index (χ3v) is 1.80. The third-order valence-electron chi connectivity index (χ3n) is 1.57. The number of ether oxygens (including phenoxy) is 1. The number of hydrogen-bond acceptors (Lipinski definition) is 4. The highest BCUT2D eigenvalue weighted by Crippen LogP contribution is 2.15. The second-order valence-electron chi connectivity index (χ2n) is 2.40. The maximum Gasteiger partial charge on any atom is 0.341 e. The van der Waals surface area contributed by atoms with Crippen LogP contribution in [-0.2, 0) is 9.53 Å². The van der Waals surface area contributed by atoms with E-state index in [-0.39, 0.29) is 5.57 Å². The zero-order chi connectivity index (χ0) is 10.6. The Morgan fingerprint density at radius 3 is 2.79 bits per heavy atom. The van der Waals surface area contributed by atoms with Crippen LogP contribution in [0.1, 0.15) is 5.56 Å². The van der Waals surface area contributed by atoms with Crippen molar-refractivity contribution >= 4 is 23.1 Å². The number of rotatable bonds is 2. The van der Waals surface area contributed by atoms with E-state index in [1.807, 2.05) is 0 Å². The molecule has 5 heteroatoms. The van der Waals surface area contributed by atoms with Gasteiger partial charge in [-0.2, -0.15) is 0 Å². The van der Waals surface area contributed by atoms with Crippen LogP contribution in [0.25, 0.3) is 5.57 Å². The van der Waals surface area contributed by atoms with Crippen molar-refractivity contribution in [2.45, 2.75) is 0 Å². The van der Waals surface area contributed by atoms with Gasteiger partial charge in [0, 0.05) is 11.8 Å². The number of hydrogen-bond donors (Lipinski definition) is 1. The topological polar surface area (TPSA) is 59.4 Å². The predicted molar refractivity (Wildman–Crippen MR) is 51.9 cm³/mol. The molecular formula is C9H8ClNO3. The number of aliphatic hydroxyl groups is 1.